The van der Waals surface area contributed by atoms with E-state index in [0.29, 0.717) is 5.56 Å². The Bertz CT molecular complexity index is 1100. The van der Waals surface area contributed by atoms with Gasteiger partial charge in [0.1, 0.15) is 5.75 Å². The van der Waals surface area contributed by atoms with E-state index in [1.54, 1.807) is 24.3 Å². The molecule has 0 radical (unpaired) electrons. The van der Waals surface area contributed by atoms with Crippen LogP contribution in [-0.2, 0) is 0 Å². The number of carbonyl (C=O) groups is 1. The Balaban J connectivity index is 0.00000363. The first-order chi connectivity index (χ1) is 15.0. The van der Waals surface area contributed by atoms with Crippen LogP contribution in [0.4, 0.5) is 14.7 Å². The Kier molecular flexibility index (Phi) is 8.89. The molecule has 4 N–H and O–H groups in total. The van der Waals surface area contributed by atoms with Gasteiger partial charge in [0.25, 0.3) is 5.91 Å². The average Bonchev–Trinajstić information content (AvgIpc) is 2.78. The van der Waals surface area contributed by atoms with Crippen molar-refractivity contribution in [2.45, 2.75) is 12.7 Å². The molecular formula is C22H19ClF2N4O3. The van der Waals surface area contributed by atoms with Crippen LogP contribution in [0.15, 0.2) is 60.9 Å². The van der Waals surface area contributed by atoms with Crippen molar-refractivity contribution in [3.8, 4) is 17.6 Å². The lowest BCUT2D eigenvalue weighted by molar-refractivity contribution is -0.0500. The molecule has 2 aromatic carbocycles. The third-order valence-electron chi connectivity index (χ3n) is 4.16. The van der Waals surface area contributed by atoms with Gasteiger partial charge in [0.05, 0.1) is 23.8 Å². The largest absolute Gasteiger partial charge is 0.434 e. The van der Waals surface area contributed by atoms with Crippen molar-refractivity contribution in [2.24, 2.45) is 0 Å². The first kappa shape index (κ1) is 24.5. The average molecular weight is 461 g/mol. The van der Waals surface area contributed by atoms with Gasteiger partial charge in [0.2, 0.25) is 5.95 Å². The van der Waals surface area contributed by atoms with E-state index < -0.39 is 18.6 Å². The summed E-state index contributed by atoms with van der Waals surface area (Å²) in [4.78, 5) is 20.3. The molecule has 0 saturated carbocycles. The molecule has 166 valence electrons. The lowest BCUT2D eigenvalue weighted by Crippen LogP contribution is -2.30. The third kappa shape index (κ3) is 6.63. The zero-order chi connectivity index (χ0) is 22.2. The number of nitrogens with zero attached hydrogens (tertiary/aromatic N) is 2. The minimum Gasteiger partial charge on any atom is -0.434 e. The molecule has 0 bridgehead atoms. The zero-order valence-electron chi connectivity index (χ0n) is 16.5. The van der Waals surface area contributed by atoms with Gasteiger partial charge in [0, 0.05) is 18.0 Å². The summed E-state index contributed by atoms with van der Waals surface area (Å²) in [5.74, 6) is 4.79. The molecule has 3 rings (SSSR count). The molecular weight excluding hydrogens is 442 g/mol. The van der Waals surface area contributed by atoms with Crippen LogP contribution in [0, 0.1) is 11.8 Å². The van der Waals surface area contributed by atoms with Crippen LogP contribution in [-0.4, -0.2) is 34.2 Å². The van der Waals surface area contributed by atoms with Crippen LogP contribution < -0.4 is 15.8 Å². The summed E-state index contributed by atoms with van der Waals surface area (Å²) in [7, 11) is 0. The number of aromatic nitrogens is 2. The van der Waals surface area contributed by atoms with Crippen molar-refractivity contribution in [3.63, 3.8) is 0 Å². The van der Waals surface area contributed by atoms with E-state index in [4.69, 9.17) is 5.73 Å². The second kappa shape index (κ2) is 11.6. The van der Waals surface area contributed by atoms with Gasteiger partial charge in [-0.2, -0.15) is 8.78 Å². The molecule has 1 atom stereocenters. The quantitative estimate of drug-likeness (QED) is 0.488. The second-order valence-electron chi connectivity index (χ2n) is 6.29. The van der Waals surface area contributed by atoms with Crippen molar-refractivity contribution >= 4 is 24.3 Å². The van der Waals surface area contributed by atoms with Crippen molar-refractivity contribution < 1.29 is 23.4 Å². The molecule has 0 aliphatic heterocycles. The maximum absolute atomic E-state index is 12.8. The van der Waals surface area contributed by atoms with E-state index in [-0.39, 0.29) is 41.8 Å². The molecule has 1 heterocycles. The predicted molar refractivity (Wildman–Crippen MR) is 116 cm³/mol. The Hall–Kier alpha value is -3.74. The van der Waals surface area contributed by atoms with Crippen LogP contribution in [0.25, 0.3) is 0 Å². The summed E-state index contributed by atoms with van der Waals surface area (Å²) < 4.78 is 30.0. The number of nitrogen functional groups attached to an aromatic ring is 1. The molecule has 0 fully saturated rings. The highest BCUT2D eigenvalue weighted by Crippen LogP contribution is 2.22. The van der Waals surface area contributed by atoms with Gasteiger partial charge in [-0.25, -0.2) is 9.97 Å². The van der Waals surface area contributed by atoms with Crippen molar-refractivity contribution in [3.05, 3.63) is 83.2 Å². The highest BCUT2D eigenvalue weighted by Gasteiger charge is 2.17. The summed E-state index contributed by atoms with van der Waals surface area (Å²) in [5.41, 5.74) is 6.78. The number of ether oxygens (including phenoxy) is 1. The summed E-state index contributed by atoms with van der Waals surface area (Å²) in [5, 5.41) is 12.3. The summed E-state index contributed by atoms with van der Waals surface area (Å²) in [6, 6.07) is 12.2. The normalized spacial score (nSPS) is 11.0. The van der Waals surface area contributed by atoms with E-state index in [1.165, 1.54) is 30.6 Å². The molecule has 0 spiro atoms. The third-order valence-corrected chi connectivity index (χ3v) is 4.16. The van der Waals surface area contributed by atoms with Crippen molar-refractivity contribution in [2.75, 3.05) is 12.3 Å². The van der Waals surface area contributed by atoms with Crippen LogP contribution in [0.3, 0.4) is 0 Å². The fraction of sp³-hybridized carbons (Fsp3) is 0.136. The monoisotopic (exact) mass is 460 g/mol. The topological polar surface area (TPSA) is 110 Å². The number of nitrogens with two attached hydrogens (primary N) is 1. The Morgan fingerprint density at radius 2 is 1.81 bits per heavy atom. The van der Waals surface area contributed by atoms with Gasteiger partial charge >= 0.3 is 6.61 Å². The molecule has 0 saturated heterocycles. The number of hydrogen-bond donors (Lipinski definition) is 3. The van der Waals surface area contributed by atoms with Crippen LogP contribution in [0.2, 0.25) is 0 Å². The number of carbonyl (C=O) groups excluding carboxylic acids is 1. The Morgan fingerprint density at radius 3 is 2.44 bits per heavy atom. The summed E-state index contributed by atoms with van der Waals surface area (Å²) >= 11 is 0. The number of amides is 1. The van der Waals surface area contributed by atoms with Crippen LogP contribution in [0.1, 0.15) is 33.1 Å². The molecule has 1 aromatic heterocycles. The smallest absolute Gasteiger partial charge is 0.387 e. The first-order valence-electron chi connectivity index (χ1n) is 9.11. The molecule has 10 heteroatoms. The number of alkyl halides is 2. The maximum atomic E-state index is 12.8. The number of aliphatic hydroxyl groups is 1. The number of benzene rings is 2. The number of halogens is 3. The first-order valence-corrected chi connectivity index (χ1v) is 9.11. The van der Waals surface area contributed by atoms with Gasteiger partial charge in [-0.3, -0.25) is 4.79 Å². The summed E-state index contributed by atoms with van der Waals surface area (Å²) in [6.45, 7) is -3.37. The van der Waals surface area contributed by atoms with Crippen LogP contribution >= 0.6 is 12.4 Å². The van der Waals surface area contributed by atoms with E-state index in [2.05, 4.69) is 31.9 Å². The minimum atomic E-state index is -3.06. The van der Waals surface area contributed by atoms with Crippen LogP contribution in [0.5, 0.6) is 5.75 Å². The van der Waals surface area contributed by atoms with Crippen molar-refractivity contribution in [1.29, 1.82) is 0 Å². The highest BCUT2D eigenvalue weighted by atomic mass is 35.5. The molecule has 32 heavy (non-hydrogen) atoms. The molecule has 1 amide bonds. The SMILES string of the molecule is Cl.Nc1ncc(C#Cc2cc(C(=O)NC(CO)c3ccccc3)ccc2OC(F)F)cn1. The fourth-order valence-corrected chi connectivity index (χ4v) is 2.67. The lowest BCUT2D eigenvalue weighted by Gasteiger charge is -2.17. The van der Waals surface area contributed by atoms with Gasteiger partial charge in [-0.1, -0.05) is 42.2 Å². The Labute approximate surface area is 189 Å². The highest BCUT2D eigenvalue weighted by molar-refractivity contribution is 5.95. The number of hydrogen-bond acceptors (Lipinski definition) is 6. The number of aliphatic hydroxyl groups excluding tert-OH is 1. The van der Waals surface area contributed by atoms with E-state index in [0.717, 1.165) is 5.56 Å². The molecule has 7 nitrogen and oxygen atoms in total. The Morgan fingerprint density at radius 1 is 1.12 bits per heavy atom. The van der Waals surface area contributed by atoms with Gasteiger partial charge in [0.15, 0.2) is 0 Å². The summed E-state index contributed by atoms with van der Waals surface area (Å²) in [6.07, 6.45) is 2.76. The molecule has 0 aliphatic rings. The van der Waals surface area contributed by atoms with Crippen molar-refractivity contribution in [1.82, 2.24) is 15.3 Å². The maximum Gasteiger partial charge on any atom is 0.387 e. The molecule has 3 aromatic rings. The number of nitrogens with one attached hydrogen (secondary N) is 1. The van der Waals surface area contributed by atoms with E-state index in [9.17, 15) is 18.7 Å². The van der Waals surface area contributed by atoms with Gasteiger partial charge < -0.3 is 20.9 Å². The van der Waals surface area contributed by atoms with Gasteiger partial charge in [-0.05, 0) is 23.8 Å². The second-order valence-corrected chi connectivity index (χ2v) is 6.29. The number of rotatable bonds is 6. The minimum absolute atomic E-state index is 0. The van der Waals surface area contributed by atoms with Gasteiger partial charge in [-0.15, -0.1) is 12.4 Å². The van der Waals surface area contributed by atoms with E-state index >= 15 is 0 Å². The fourth-order valence-electron chi connectivity index (χ4n) is 2.67. The molecule has 0 aliphatic carbocycles. The predicted octanol–water partition coefficient (Wildman–Crippen LogP) is 2.95. The lowest BCUT2D eigenvalue weighted by atomic mass is 10.1. The number of anilines is 1. The zero-order valence-corrected chi connectivity index (χ0v) is 17.4. The standard InChI is InChI=1S/C22H18F2N4O3.ClH/c23-21(24)31-19-9-8-17(10-16(19)7-6-14-11-26-22(25)27-12-14)20(30)28-18(13-29)15-4-2-1-3-5-15;/h1-5,8-12,18,21,29H,13H2,(H,28,30)(H2,25,26,27);1H. The molecule has 1 unspecified atom stereocenters. The van der Waals surface area contributed by atoms with E-state index in [1.807, 2.05) is 6.07 Å².